The molecule has 0 saturated heterocycles. The van der Waals surface area contributed by atoms with Crippen LogP contribution in [0.25, 0.3) is 11.1 Å². The van der Waals surface area contributed by atoms with Gasteiger partial charge < -0.3 is 10.2 Å². The number of pyridine rings is 1. The van der Waals surface area contributed by atoms with E-state index in [0.29, 0.717) is 18.3 Å². The van der Waals surface area contributed by atoms with Crippen LogP contribution in [-0.2, 0) is 18.1 Å². The average molecular weight is 517 g/mol. The number of amides is 1. The van der Waals surface area contributed by atoms with Gasteiger partial charge in [-0.3, -0.25) is 9.58 Å². The minimum Gasteiger partial charge on any atom is -0.465 e. The van der Waals surface area contributed by atoms with E-state index >= 15 is 0 Å². The second-order valence-electron chi connectivity index (χ2n) is 12.4. The van der Waals surface area contributed by atoms with Gasteiger partial charge in [0.05, 0.1) is 11.3 Å². The Morgan fingerprint density at radius 1 is 1.03 bits per heavy atom. The molecule has 0 radical (unpaired) electrons. The molecule has 0 atom stereocenters. The van der Waals surface area contributed by atoms with Gasteiger partial charge in [0.2, 0.25) is 0 Å². The fourth-order valence-electron chi connectivity index (χ4n) is 6.55. The number of hydrogen-bond donors (Lipinski definition) is 2. The molecular formula is C31H40N4O3. The molecule has 2 N–H and O–H groups in total. The monoisotopic (exact) mass is 516 g/mol. The molecule has 3 aromatic rings. The number of anilines is 1. The Kier molecular flexibility index (Phi) is 6.62. The largest absolute Gasteiger partial charge is 0.465 e. The molecule has 7 nitrogen and oxygen atoms in total. The molecule has 0 unspecified atom stereocenters. The molecule has 3 fully saturated rings. The summed E-state index contributed by atoms with van der Waals surface area (Å²) in [6.07, 6.45) is 6.96. The van der Waals surface area contributed by atoms with Crippen LogP contribution in [0.5, 0.6) is 0 Å². The van der Waals surface area contributed by atoms with E-state index in [2.05, 4.69) is 36.6 Å². The molecule has 6 rings (SSSR count). The molecule has 202 valence electrons. The van der Waals surface area contributed by atoms with Crippen molar-refractivity contribution in [1.29, 1.82) is 0 Å². The van der Waals surface area contributed by atoms with E-state index in [4.69, 9.17) is 5.10 Å². The Bertz CT molecular complexity index is 1300. The van der Waals surface area contributed by atoms with Crippen molar-refractivity contribution >= 4 is 11.9 Å². The summed E-state index contributed by atoms with van der Waals surface area (Å²) in [5.41, 5.74) is 4.41. The van der Waals surface area contributed by atoms with Crippen LogP contribution in [0.3, 0.4) is 0 Å². The number of hydrogen-bond acceptors (Lipinski definition) is 4. The number of carboxylic acid groups (broad SMARTS) is 1. The van der Waals surface area contributed by atoms with Crippen LogP contribution >= 0.6 is 0 Å². The summed E-state index contributed by atoms with van der Waals surface area (Å²) in [6.45, 7) is 8.36. The minimum atomic E-state index is -0.961. The maximum Gasteiger partial charge on any atom is 0.413 e. The topological polar surface area (TPSA) is 91.5 Å². The van der Waals surface area contributed by atoms with Gasteiger partial charge >= 0.3 is 6.09 Å². The minimum absolute atomic E-state index is 0.0222. The van der Waals surface area contributed by atoms with E-state index in [0.717, 1.165) is 60.9 Å². The van der Waals surface area contributed by atoms with Crippen LogP contribution in [0.4, 0.5) is 10.6 Å². The zero-order chi connectivity index (χ0) is 27.3. The summed E-state index contributed by atoms with van der Waals surface area (Å²) in [5.74, 6) is 0.871. The van der Waals surface area contributed by atoms with Crippen molar-refractivity contribution < 1.29 is 15.0 Å². The van der Waals surface area contributed by atoms with Crippen molar-refractivity contribution in [2.75, 3.05) is 11.4 Å². The van der Waals surface area contributed by atoms with Gasteiger partial charge in [0.1, 0.15) is 5.82 Å². The Balaban J connectivity index is 1.35. The third-order valence-electron chi connectivity index (χ3n) is 9.11. The maximum absolute atomic E-state index is 12.5. The smallest absolute Gasteiger partial charge is 0.413 e. The Labute approximate surface area is 225 Å². The van der Waals surface area contributed by atoms with Crippen molar-refractivity contribution in [3.8, 4) is 11.1 Å². The first-order chi connectivity index (χ1) is 17.9. The number of aliphatic hydroxyl groups is 1. The predicted molar refractivity (Wildman–Crippen MR) is 149 cm³/mol. The summed E-state index contributed by atoms with van der Waals surface area (Å²) >= 11 is 0. The molecular weight excluding hydrogens is 476 g/mol. The first-order valence-corrected chi connectivity index (χ1v) is 13.8. The van der Waals surface area contributed by atoms with Gasteiger partial charge in [-0.15, -0.1) is 0 Å². The van der Waals surface area contributed by atoms with Crippen LogP contribution < -0.4 is 4.90 Å². The van der Waals surface area contributed by atoms with E-state index in [1.165, 1.54) is 10.6 Å². The molecule has 1 amide bonds. The normalized spacial score (nSPS) is 23.1. The number of aryl methyl sites for hydroxylation is 1. The van der Waals surface area contributed by atoms with Gasteiger partial charge in [-0.1, -0.05) is 38.1 Å². The highest BCUT2D eigenvalue weighted by molar-refractivity contribution is 5.86. The fraction of sp³-hybridized carbons (Fsp3) is 0.516. The molecule has 2 heterocycles. The Morgan fingerprint density at radius 2 is 1.66 bits per heavy atom. The third kappa shape index (κ3) is 4.84. The van der Waals surface area contributed by atoms with Crippen molar-refractivity contribution in [3.63, 3.8) is 0 Å². The third-order valence-corrected chi connectivity index (χ3v) is 9.11. The van der Waals surface area contributed by atoms with Crippen molar-refractivity contribution in [3.05, 3.63) is 65.6 Å². The lowest BCUT2D eigenvalue weighted by Crippen LogP contribution is -2.51. The summed E-state index contributed by atoms with van der Waals surface area (Å²) < 4.78 is 2.08. The van der Waals surface area contributed by atoms with Crippen molar-refractivity contribution in [1.82, 2.24) is 14.8 Å². The second-order valence-corrected chi connectivity index (χ2v) is 12.4. The summed E-state index contributed by atoms with van der Waals surface area (Å²) in [6, 6.07) is 13.8. The highest BCUT2D eigenvalue weighted by atomic mass is 16.4. The zero-order valence-electron chi connectivity index (χ0n) is 23.2. The zero-order valence-corrected chi connectivity index (χ0v) is 23.2. The molecule has 0 spiro atoms. The Morgan fingerprint density at radius 3 is 2.18 bits per heavy atom. The molecule has 3 aliphatic carbocycles. The second kappa shape index (κ2) is 9.53. The van der Waals surface area contributed by atoms with Gasteiger partial charge in [0, 0.05) is 30.9 Å². The SMILES string of the molecule is CC(C)c1cc(C23CCC(CN(C(=O)O)c4cc(-c5ccc(C(C)(C)O)cc5)ccn4)(CC2)CC3)n(C)n1. The summed E-state index contributed by atoms with van der Waals surface area (Å²) in [7, 11) is 2.06. The highest BCUT2D eigenvalue weighted by Gasteiger charge is 2.51. The molecule has 3 saturated carbocycles. The molecule has 7 heteroatoms. The van der Waals surface area contributed by atoms with E-state index in [9.17, 15) is 15.0 Å². The Hall–Kier alpha value is -3.19. The number of nitrogens with zero attached hydrogens (tertiary/aromatic N) is 4. The lowest BCUT2D eigenvalue weighted by atomic mass is 9.52. The van der Waals surface area contributed by atoms with E-state index < -0.39 is 11.7 Å². The number of rotatable bonds is 7. The van der Waals surface area contributed by atoms with E-state index in [-0.39, 0.29) is 10.8 Å². The number of carbonyl (C=O) groups is 1. The van der Waals surface area contributed by atoms with Gasteiger partial charge in [0.15, 0.2) is 0 Å². The van der Waals surface area contributed by atoms with Crippen LogP contribution in [0.1, 0.15) is 89.1 Å². The lowest BCUT2D eigenvalue weighted by molar-refractivity contribution is 0.0412. The van der Waals surface area contributed by atoms with Crippen molar-refractivity contribution in [2.24, 2.45) is 12.5 Å². The molecule has 1 aromatic carbocycles. The summed E-state index contributed by atoms with van der Waals surface area (Å²) in [5, 5.41) is 25.3. The van der Waals surface area contributed by atoms with Crippen LogP contribution in [0, 0.1) is 5.41 Å². The molecule has 38 heavy (non-hydrogen) atoms. The van der Waals surface area contributed by atoms with Crippen LogP contribution in [0.2, 0.25) is 0 Å². The van der Waals surface area contributed by atoms with Crippen LogP contribution in [-0.4, -0.2) is 37.6 Å². The quantitative estimate of drug-likeness (QED) is 0.369. The number of fused-ring (bicyclic) bond motifs is 3. The molecule has 3 aliphatic rings. The fourth-order valence-corrected chi connectivity index (χ4v) is 6.55. The average Bonchev–Trinajstić information content (AvgIpc) is 3.31. The predicted octanol–water partition coefficient (Wildman–Crippen LogP) is 6.61. The van der Waals surface area contributed by atoms with Crippen LogP contribution in [0.15, 0.2) is 48.7 Å². The summed E-state index contributed by atoms with van der Waals surface area (Å²) in [4.78, 5) is 18.4. The maximum atomic E-state index is 12.5. The van der Waals surface area contributed by atoms with E-state index in [1.54, 1.807) is 20.0 Å². The van der Waals surface area contributed by atoms with Crippen molar-refractivity contribution in [2.45, 2.75) is 83.2 Å². The van der Waals surface area contributed by atoms with Gasteiger partial charge in [0.25, 0.3) is 0 Å². The molecule has 0 aliphatic heterocycles. The molecule has 2 aromatic heterocycles. The van der Waals surface area contributed by atoms with E-state index in [1.807, 2.05) is 36.4 Å². The number of aromatic nitrogens is 3. The highest BCUT2D eigenvalue weighted by Crippen LogP contribution is 2.58. The van der Waals surface area contributed by atoms with Gasteiger partial charge in [-0.25, -0.2) is 9.78 Å². The lowest BCUT2D eigenvalue weighted by Gasteiger charge is -2.54. The first kappa shape index (κ1) is 26.4. The van der Waals surface area contributed by atoms with Gasteiger partial charge in [-0.2, -0.15) is 5.10 Å². The molecule has 2 bridgehead atoms. The number of benzene rings is 1. The van der Waals surface area contributed by atoms with Gasteiger partial charge in [-0.05, 0) is 98.6 Å². The first-order valence-electron chi connectivity index (χ1n) is 13.8. The standard InChI is InChI=1S/C31H40N4O3/c1-21(2)25-19-26(34(5)33-25)31-14-11-30(12-15-31,13-16-31)20-35(28(36)37)27-18-23(10-17-32-27)22-6-8-24(9-7-22)29(3,4)38/h6-10,17-19,21,38H,11-16,20H2,1-5H3,(H,36,37).